The Labute approximate surface area is 123 Å². The van der Waals surface area contributed by atoms with E-state index in [2.05, 4.69) is 0 Å². The summed E-state index contributed by atoms with van der Waals surface area (Å²) in [7, 11) is 0. The predicted octanol–water partition coefficient (Wildman–Crippen LogP) is 4.34. The lowest BCUT2D eigenvalue weighted by Crippen LogP contribution is -1.99. The molecule has 0 bridgehead atoms. The first-order valence-electron chi connectivity index (χ1n) is 6.26. The van der Waals surface area contributed by atoms with Gasteiger partial charge in [-0.05, 0) is 42.5 Å². The Morgan fingerprint density at radius 3 is 2.15 bits per heavy atom. The third kappa shape index (κ3) is 3.52. The Hall–Kier alpha value is -2.00. The van der Waals surface area contributed by atoms with E-state index < -0.39 is 5.97 Å². The molecule has 3 heteroatoms. The van der Waals surface area contributed by atoms with Crippen molar-refractivity contribution in [1.82, 2.24) is 0 Å². The summed E-state index contributed by atoms with van der Waals surface area (Å²) in [5.74, 6) is -0.914. The summed E-state index contributed by atoms with van der Waals surface area (Å²) in [5, 5.41) is 9.39. The molecular weight excluding hydrogens is 268 g/mol. The first-order valence-corrected chi connectivity index (χ1v) is 7.48. The highest BCUT2D eigenvalue weighted by Gasteiger charge is 2.10. The second-order valence-corrected chi connectivity index (χ2v) is 5.38. The third-order valence-corrected chi connectivity index (χ3v) is 3.76. The summed E-state index contributed by atoms with van der Waals surface area (Å²) in [6.07, 6.45) is 3.72. The van der Waals surface area contributed by atoms with Crippen LogP contribution in [0.1, 0.15) is 16.7 Å². The number of aliphatic carboxylic acids is 1. The number of aryl methyl sites for hydroxylation is 1. The highest BCUT2D eigenvalue weighted by molar-refractivity contribution is 7.98. The van der Waals surface area contributed by atoms with E-state index in [1.54, 1.807) is 17.8 Å². The molecule has 0 aromatic heterocycles. The SMILES string of the molecule is CSc1ccc(C=C(C(=O)O)c2ccc(C)cc2)cc1. The Balaban J connectivity index is 2.39. The van der Waals surface area contributed by atoms with Crippen LogP contribution in [-0.4, -0.2) is 17.3 Å². The normalized spacial score (nSPS) is 11.4. The van der Waals surface area contributed by atoms with Crippen LogP contribution >= 0.6 is 11.8 Å². The van der Waals surface area contributed by atoms with Gasteiger partial charge in [-0.25, -0.2) is 4.79 Å². The molecule has 1 N–H and O–H groups in total. The van der Waals surface area contributed by atoms with Crippen LogP contribution in [0.2, 0.25) is 0 Å². The molecule has 0 saturated carbocycles. The maximum Gasteiger partial charge on any atom is 0.336 e. The molecule has 0 radical (unpaired) electrons. The minimum absolute atomic E-state index is 0.307. The van der Waals surface area contributed by atoms with E-state index in [1.807, 2.05) is 61.7 Å². The van der Waals surface area contributed by atoms with Gasteiger partial charge in [0.2, 0.25) is 0 Å². The number of hydrogen-bond donors (Lipinski definition) is 1. The van der Waals surface area contributed by atoms with Crippen molar-refractivity contribution in [3.63, 3.8) is 0 Å². The zero-order chi connectivity index (χ0) is 14.5. The number of carboxylic acid groups (broad SMARTS) is 1. The van der Waals surface area contributed by atoms with Gasteiger partial charge < -0.3 is 5.11 Å². The fraction of sp³-hybridized carbons (Fsp3) is 0.118. The zero-order valence-electron chi connectivity index (χ0n) is 11.5. The minimum atomic E-state index is -0.914. The van der Waals surface area contributed by atoms with Crippen LogP contribution in [0.4, 0.5) is 0 Å². The van der Waals surface area contributed by atoms with Gasteiger partial charge in [0.25, 0.3) is 0 Å². The number of rotatable bonds is 4. The summed E-state index contributed by atoms with van der Waals surface area (Å²) in [6.45, 7) is 1.98. The van der Waals surface area contributed by atoms with E-state index >= 15 is 0 Å². The Bertz CT molecular complexity index is 625. The predicted molar refractivity (Wildman–Crippen MR) is 84.9 cm³/mol. The van der Waals surface area contributed by atoms with Gasteiger partial charge in [-0.15, -0.1) is 11.8 Å². The topological polar surface area (TPSA) is 37.3 Å². The van der Waals surface area contributed by atoms with Gasteiger partial charge in [-0.3, -0.25) is 0 Å². The fourth-order valence-corrected chi connectivity index (χ4v) is 2.28. The van der Waals surface area contributed by atoms with Crippen molar-refractivity contribution in [1.29, 1.82) is 0 Å². The molecule has 2 aromatic carbocycles. The Morgan fingerprint density at radius 2 is 1.65 bits per heavy atom. The first kappa shape index (κ1) is 14.4. The highest BCUT2D eigenvalue weighted by Crippen LogP contribution is 2.21. The van der Waals surface area contributed by atoms with E-state index in [0.29, 0.717) is 5.57 Å². The maximum atomic E-state index is 11.4. The van der Waals surface area contributed by atoms with E-state index in [9.17, 15) is 9.90 Å². The van der Waals surface area contributed by atoms with Crippen molar-refractivity contribution in [3.8, 4) is 0 Å². The minimum Gasteiger partial charge on any atom is -0.478 e. The molecule has 0 amide bonds. The summed E-state index contributed by atoms with van der Waals surface area (Å²) in [4.78, 5) is 12.6. The monoisotopic (exact) mass is 284 g/mol. The summed E-state index contributed by atoms with van der Waals surface area (Å²) < 4.78 is 0. The smallest absolute Gasteiger partial charge is 0.336 e. The van der Waals surface area contributed by atoms with Gasteiger partial charge in [0, 0.05) is 4.90 Å². The maximum absolute atomic E-state index is 11.4. The summed E-state index contributed by atoms with van der Waals surface area (Å²) in [6, 6.07) is 15.4. The standard InChI is InChI=1S/C17H16O2S/c1-12-3-7-14(8-4-12)16(17(18)19)11-13-5-9-15(20-2)10-6-13/h3-11H,1-2H3,(H,18,19). The number of carboxylic acids is 1. The van der Waals surface area contributed by atoms with Gasteiger partial charge in [0.1, 0.15) is 0 Å². The summed E-state index contributed by atoms with van der Waals surface area (Å²) >= 11 is 1.66. The van der Waals surface area contributed by atoms with E-state index in [1.165, 1.54) is 0 Å². The quantitative estimate of drug-likeness (QED) is 0.515. The fourth-order valence-electron chi connectivity index (χ4n) is 1.87. The molecule has 0 fully saturated rings. The molecule has 0 saturated heterocycles. The molecule has 0 aliphatic rings. The molecule has 0 atom stereocenters. The Kier molecular flexibility index (Phi) is 4.64. The van der Waals surface area contributed by atoms with Crippen LogP contribution in [0.25, 0.3) is 11.6 Å². The lowest BCUT2D eigenvalue weighted by Gasteiger charge is -2.04. The van der Waals surface area contributed by atoms with Crippen LogP contribution < -0.4 is 0 Å². The molecule has 2 aromatic rings. The van der Waals surface area contributed by atoms with E-state index in [4.69, 9.17) is 0 Å². The van der Waals surface area contributed by atoms with Gasteiger partial charge >= 0.3 is 5.97 Å². The first-order chi connectivity index (χ1) is 9.60. The van der Waals surface area contributed by atoms with Crippen LogP contribution in [-0.2, 0) is 4.79 Å². The molecule has 0 aliphatic carbocycles. The second kappa shape index (κ2) is 6.44. The molecule has 0 unspecified atom stereocenters. The number of thioether (sulfide) groups is 1. The van der Waals surface area contributed by atoms with Crippen molar-refractivity contribution < 1.29 is 9.90 Å². The molecule has 0 heterocycles. The lowest BCUT2D eigenvalue weighted by molar-refractivity contribution is -0.130. The second-order valence-electron chi connectivity index (χ2n) is 4.50. The van der Waals surface area contributed by atoms with Gasteiger partial charge in [0.15, 0.2) is 0 Å². The van der Waals surface area contributed by atoms with Gasteiger partial charge in [0.05, 0.1) is 5.57 Å². The average molecular weight is 284 g/mol. The molecule has 2 nitrogen and oxygen atoms in total. The van der Waals surface area contributed by atoms with Gasteiger partial charge in [-0.1, -0.05) is 42.0 Å². The van der Waals surface area contributed by atoms with Crippen molar-refractivity contribution in [3.05, 3.63) is 65.2 Å². The van der Waals surface area contributed by atoms with E-state index in [0.717, 1.165) is 21.6 Å². The lowest BCUT2D eigenvalue weighted by atomic mass is 10.0. The molecular formula is C17H16O2S. The molecule has 2 rings (SSSR count). The third-order valence-electron chi connectivity index (χ3n) is 3.02. The van der Waals surface area contributed by atoms with Crippen molar-refractivity contribution in [2.75, 3.05) is 6.26 Å². The van der Waals surface area contributed by atoms with Crippen molar-refractivity contribution in [2.24, 2.45) is 0 Å². The molecule has 0 aliphatic heterocycles. The summed E-state index contributed by atoms with van der Waals surface area (Å²) in [5.41, 5.74) is 3.03. The number of carbonyl (C=O) groups is 1. The van der Waals surface area contributed by atoms with Gasteiger partial charge in [-0.2, -0.15) is 0 Å². The van der Waals surface area contributed by atoms with Crippen LogP contribution in [0.15, 0.2) is 53.4 Å². The molecule has 102 valence electrons. The van der Waals surface area contributed by atoms with Crippen molar-refractivity contribution in [2.45, 2.75) is 11.8 Å². The number of hydrogen-bond acceptors (Lipinski definition) is 2. The zero-order valence-corrected chi connectivity index (χ0v) is 12.3. The molecule has 0 spiro atoms. The van der Waals surface area contributed by atoms with Crippen molar-refractivity contribution >= 4 is 29.4 Å². The average Bonchev–Trinajstić information content (AvgIpc) is 2.46. The largest absolute Gasteiger partial charge is 0.478 e. The van der Waals surface area contributed by atoms with E-state index in [-0.39, 0.29) is 0 Å². The van der Waals surface area contributed by atoms with Crippen LogP contribution in [0.3, 0.4) is 0 Å². The Morgan fingerprint density at radius 1 is 1.05 bits per heavy atom. The van der Waals surface area contributed by atoms with Crippen LogP contribution in [0.5, 0.6) is 0 Å². The highest BCUT2D eigenvalue weighted by atomic mass is 32.2. The molecule has 20 heavy (non-hydrogen) atoms. The van der Waals surface area contributed by atoms with Crippen LogP contribution in [0, 0.1) is 6.92 Å². The number of benzene rings is 2.